The summed E-state index contributed by atoms with van der Waals surface area (Å²) >= 11 is 0. The van der Waals surface area contributed by atoms with Gasteiger partial charge in [-0.05, 0) is 25.3 Å². The molecule has 0 unspecified atom stereocenters. The van der Waals surface area contributed by atoms with Crippen LogP contribution in [0, 0.1) is 12.8 Å². The van der Waals surface area contributed by atoms with E-state index in [0.717, 1.165) is 12.3 Å². The summed E-state index contributed by atoms with van der Waals surface area (Å²) in [5.74, 6) is 1.25. The van der Waals surface area contributed by atoms with Crippen molar-refractivity contribution in [1.29, 1.82) is 0 Å². The summed E-state index contributed by atoms with van der Waals surface area (Å²) < 4.78 is 28.6. The van der Waals surface area contributed by atoms with Crippen LogP contribution in [0.5, 0.6) is 5.75 Å². The molecule has 1 fully saturated rings. The lowest BCUT2D eigenvalue weighted by Gasteiger charge is -2.25. The third-order valence-electron chi connectivity index (χ3n) is 3.65. The molecular weight excluding hydrogens is 264 g/mol. The number of benzene rings is 1. The standard InChI is InChI=1S/C13H20N2O3S/c1-9-12(18-6-5-10-3-2-4-10)7-11(14)8-13(9)19(15,16)17/h7-8,10H,2-6,14H2,1H3,(H2,15,16,17). The highest BCUT2D eigenvalue weighted by Crippen LogP contribution is 2.31. The molecule has 5 nitrogen and oxygen atoms in total. The molecular formula is C13H20N2O3S. The quantitative estimate of drug-likeness (QED) is 0.806. The van der Waals surface area contributed by atoms with Gasteiger partial charge in [0.2, 0.25) is 10.0 Å². The largest absolute Gasteiger partial charge is 0.493 e. The van der Waals surface area contributed by atoms with Crippen LogP contribution in [0.4, 0.5) is 5.69 Å². The summed E-state index contributed by atoms with van der Waals surface area (Å²) in [7, 11) is -3.77. The van der Waals surface area contributed by atoms with Gasteiger partial charge in [-0.25, -0.2) is 13.6 Å². The maximum atomic E-state index is 11.5. The summed E-state index contributed by atoms with van der Waals surface area (Å²) in [5.41, 5.74) is 6.55. The van der Waals surface area contributed by atoms with Crippen molar-refractivity contribution in [2.24, 2.45) is 11.1 Å². The first-order valence-electron chi connectivity index (χ1n) is 6.43. The van der Waals surface area contributed by atoms with Crippen LogP contribution in [-0.4, -0.2) is 15.0 Å². The van der Waals surface area contributed by atoms with Gasteiger partial charge in [-0.1, -0.05) is 19.3 Å². The van der Waals surface area contributed by atoms with Crippen LogP contribution in [0.3, 0.4) is 0 Å². The smallest absolute Gasteiger partial charge is 0.238 e. The van der Waals surface area contributed by atoms with Crippen LogP contribution in [0.25, 0.3) is 0 Å². The van der Waals surface area contributed by atoms with Gasteiger partial charge in [0, 0.05) is 17.3 Å². The van der Waals surface area contributed by atoms with E-state index in [0.29, 0.717) is 23.6 Å². The molecule has 1 aromatic carbocycles. The number of nitrogen functional groups attached to an aromatic ring is 1. The van der Waals surface area contributed by atoms with E-state index >= 15 is 0 Å². The van der Waals surface area contributed by atoms with Gasteiger partial charge in [0.25, 0.3) is 0 Å². The molecule has 0 radical (unpaired) electrons. The second-order valence-electron chi connectivity index (χ2n) is 5.12. The lowest BCUT2D eigenvalue weighted by molar-refractivity contribution is 0.221. The maximum Gasteiger partial charge on any atom is 0.238 e. The molecule has 0 heterocycles. The van der Waals surface area contributed by atoms with Crippen LogP contribution in [0.1, 0.15) is 31.2 Å². The van der Waals surface area contributed by atoms with Crippen LogP contribution in [-0.2, 0) is 10.0 Å². The molecule has 2 rings (SSSR count). The zero-order valence-corrected chi connectivity index (χ0v) is 11.9. The highest BCUT2D eigenvalue weighted by atomic mass is 32.2. The minimum absolute atomic E-state index is 0.0335. The summed E-state index contributed by atoms with van der Waals surface area (Å²) in [5, 5.41) is 5.16. The van der Waals surface area contributed by atoms with Gasteiger partial charge in [-0.3, -0.25) is 0 Å². The second kappa shape index (κ2) is 5.38. The highest BCUT2D eigenvalue weighted by molar-refractivity contribution is 7.89. The molecule has 1 aromatic rings. The highest BCUT2D eigenvalue weighted by Gasteiger charge is 2.19. The Morgan fingerprint density at radius 1 is 1.37 bits per heavy atom. The fraction of sp³-hybridized carbons (Fsp3) is 0.538. The number of primary sulfonamides is 1. The van der Waals surface area contributed by atoms with Gasteiger partial charge < -0.3 is 10.5 Å². The summed E-state index contributed by atoms with van der Waals surface area (Å²) in [6.07, 6.45) is 4.83. The van der Waals surface area contributed by atoms with Gasteiger partial charge >= 0.3 is 0 Å². The maximum absolute atomic E-state index is 11.5. The third-order valence-corrected chi connectivity index (χ3v) is 4.69. The molecule has 4 N–H and O–H groups in total. The predicted molar refractivity (Wildman–Crippen MR) is 74.4 cm³/mol. The summed E-state index contributed by atoms with van der Waals surface area (Å²) in [6, 6.07) is 3.01. The van der Waals surface area contributed by atoms with E-state index in [1.807, 2.05) is 0 Å². The summed E-state index contributed by atoms with van der Waals surface area (Å²) in [6.45, 7) is 2.26. The van der Waals surface area contributed by atoms with Gasteiger partial charge in [0.1, 0.15) is 5.75 Å². The Morgan fingerprint density at radius 2 is 2.05 bits per heavy atom. The van der Waals surface area contributed by atoms with E-state index in [4.69, 9.17) is 15.6 Å². The number of rotatable bonds is 5. The fourth-order valence-corrected chi connectivity index (χ4v) is 3.07. The molecule has 1 saturated carbocycles. The number of hydrogen-bond donors (Lipinski definition) is 2. The monoisotopic (exact) mass is 284 g/mol. The number of anilines is 1. The topological polar surface area (TPSA) is 95.4 Å². The van der Waals surface area contributed by atoms with Crippen LogP contribution < -0.4 is 15.6 Å². The molecule has 1 aliphatic rings. The normalized spacial score (nSPS) is 16.1. The van der Waals surface area contributed by atoms with Gasteiger partial charge in [0.05, 0.1) is 11.5 Å². The lowest BCUT2D eigenvalue weighted by Crippen LogP contribution is -2.16. The molecule has 6 heteroatoms. The van der Waals surface area contributed by atoms with Crippen molar-refractivity contribution in [1.82, 2.24) is 0 Å². The Balaban J connectivity index is 2.13. The number of nitrogens with two attached hydrogens (primary N) is 2. The predicted octanol–water partition coefficient (Wildman–Crippen LogP) is 1.79. The van der Waals surface area contributed by atoms with Crippen molar-refractivity contribution in [3.05, 3.63) is 17.7 Å². The Labute approximate surface area is 114 Å². The van der Waals surface area contributed by atoms with Crippen LogP contribution >= 0.6 is 0 Å². The van der Waals surface area contributed by atoms with Crippen molar-refractivity contribution in [3.8, 4) is 5.75 Å². The van der Waals surface area contributed by atoms with Crippen molar-refractivity contribution in [2.45, 2.75) is 37.5 Å². The molecule has 0 bridgehead atoms. The molecule has 0 aromatic heterocycles. The Hall–Kier alpha value is -1.27. The van der Waals surface area contributed by atoms with Gasteiger partial charge in [0.15, 0.2) is 0 Å². The van der Waals surface area contributed by atoms with E-state index in [1.165, 1.54) is 25.3 Å². The Bertz CT molecular complexity index is 565. The zero-order chi connectivity index (χ0) is 14.0. The minimum Gasteiger partial charge on any atom is -0.493 e. The number of hydrogen-bond acceptors (Lipinski definition) is 4. The van der Waals surface area contributed by atoms with E-state index in [2.05, 4.69) is 0 Å². The van der Waals surface area contributed by atoms with Crippen molar-refractivity contribution < 1.29 is 13.2 Å². The zero-order valence-electron chi connectivity index (χ0n) is 11.1. The third kappa shape index (κ3) is 3.39. The molecule has 1 aliphatic carbocycles. The van der Waals surface area contributed by atoms with Crippen molar-refractivity contribution >= 4 is 15.7 Å². The Morgan fingerprint density at radius 3 is 2.58 bits per heavy atom. The van der Waals surface area contributed by atoms with E-state index in [-0.39, 0.29) is 4.90 Å². The van der Waals surface area contributed by atoms with Crippen molar-refractivity contribution in [3.63, 3.8) is 0 Å². The molecule has 0 spiro atoms. The SMILES string of the molecule is Cc1c(OCCC2CCC2)cc(N)cc1S(N)(=O)=O. The molecule has 19 heavy (non-hydrogen) atoms. The van der Waals surface area contributed by atoms with E-state index < -0.39 is 10.0 Å². The first-order valence-corrected chi connectivity index (χ1v) is 7.98. The van der Waals surface area contributed by atoms with Crippen LogP contribution in [0.15, 0.2) is 17.0 Å². The first-order chi connectivity index (χ1) is 8.88. The van der Waals surface area contributed by atoms with Gasteiger partial charge in [-0.15, -0.1) is 0 Å². The molecule has 0 atom stereocenters. The van der Waals surface area contributed by atoms with E-state index in [1.54, 1.807) is 13.0 Å². The molecule has 0 aliphatic heterocycles. The minimum atomic E-state index is -3.77. The molecule has 0 amide bonds. The Kier molecular flexibility index (Phi) is 4.01. The van der Waals surface area contributed by atoms with E-state index in [9.17, 15) is 8.42 Å². The van der Waals surface area contributed by atoms with Crippen LogP contribution in [0.2, 0.25) is 0 Å². The van der Waals surface area contributed by atoms with Crippen molar-refractivity contribution in [2.75, 3.05) is 12.3 Å². The molecule has 106 valence electrons. The average Bonchev–Trinajstić information content (AvgIpc) is 2.24. The number of ether oxygens (including phenoxy) is 1. The average molecular weight is 284 g/mol. The summed E-state index contributed by atoms with van der Waals surface area (Å²) in [4.78, 5) is 0.0335. The molecule has 0 saturated heterocycles. The number of sulfonamides is 1. The second-order valence-corrected chi connectivity index (χ2v) is 6.65. The fourth-order valence-electron chi connectivity index (χ4n) is 2.24. The van der Waals surface area contributed by atoms with Gasteiger partial charge in [-0.2, -0.15) is 0 Å². The lowest BCUT2D eigenvalue weighted by atomic mass is 9.83. The first kappa shape index (κ1) is 14.1.